The van der Waals surface area contributed by atoms with Gasteiger partial charge in [-0.1, -0.05) is 66.5 Å². The summed E-state index contributed by atoms with van der Waals surface area (Å²) in [6.45, 7) is 2.70. The van der Waals surface area contributed by atoms with Gasteiger partial charge in [0.15, 0.2) is 11.9 Å². The van der Waals surface area contributed by atoms with Crippen molar-refractivity contribution in [3.05, 3.63) is 94.2 Å². The second kappa shape index (κ2) is 8.26. The summed E-state index contributed by atoms with van der Waals surface area (Å²) < 4.78 is 8.45. The number of aromatic nitrogens is 2. The lowest BCUT2D eigenvalue weighted by Gasteiger charge is -2.19. The summed E-state index contributed by atoms with van der Waals surface area (Å²) in [6, 6.07) is 23.6. The lowest BCUT2D eigenvalue weighted by atomic mass is 10.2. The van der Waals surface area contributed by atoms with Crippen molar-refractivity contribution in [3.8, 4) is 5.75 Å². The maximum atomic E-state index is 6.44. The van der Waals surface area contributed by atoms with Crippen LogP contribution in [0.15, 0.2) is 72.8 Å². The number of nitrogens with zero attached hydrogens (tertiary/aromatic N) is 2. The SMILES string of the molecule is CCC(Oc1ccccc1)c1nc2ccccc2n1Cc1ccc(Cl)cc1Cl. The van der Waals surface area contributed by atoms with Gasteiger partial charge >= 0.3 is 0 Å². The maximum absolute atomic E-state index is 6.44. The number of hydrogen-bond donors (Lipinski definition) is 0. The molecule has 0 amide bonds. The van der Waals surface area contributed by atoms with Crippen LogP contribution in [0.5, 0.6) is 5.75 Å². The minimum absolute atomic E-state index is 0.166. The van der Waals surface area contributed by atoms with Crippen LogP contribution in [0.4, 0.5) is 0 Å². The standard InChI is InChI=1S/C23H20Cl2N2O/c1-2-22(28-18-8-4-3-5-9-18)23-26-20-10-6-7-11-21(20)27(23)15-16-12-13-17(24)14-19(16)25/h3-14,22H,2,15H2,1H3. The van der Waals surface area contributed by atoms with Crippen molar-refractivity contribution in [1.82, 2.24) is 9.55 Å². The average molecular weight is 411 g/mol. The highest BCUT2D eigenvalue weighted by Crippen LogP contribution is 2.30. The third-order valence-electron chi connectivity index (χ3n) is 4.71. The van der Waals surface area contributed by atoms with Gasteiger partial charge in [-0.3, -0.25) is 0 Å². The fraction of sp³-hybridized carbons (Fsp3) is 0.174. The first-order chi connectivity index (χ1) is 13.7. The van der Waals surface area contributed by atoms with E-state index in [1.165, 1.54) is 0 Å². The van der Waals surface area contributed by atoms with Crippen LogP contribution < -0.4 is 4.74 Å². The Morgan fingerprint density at radius 1 is 0.964 bits per heavy atom. The first-order valence-electron chi connectivity index (χ1n) is 9.26. The Kier molecular flexibility index (Phi) is 5.56. The number of para-hydroxylation sites is 3. The smallest absolute Gasteiger partial charge is 0.156 e. The Hall–Kier alpha value is -2.49. The van der Waals surface area contributed by atoms with Crippen LogP contribution in [-0.4, -0.2) is 9.55 Å². The van der Waals surface area contributed by atoms with Crippen molar-refractivity contribution in [2.45, 2.75) is 26.0 Å². The normalized spacial score (nSPS) is 12.2. The van der Waals surface area contributed by atoms with E-state index in [4.69, 9.17) is 32.9 Å². The van der Waals surface area contributed by atoms with Crippen molar-refractivity contribution in [1.29, 1.82) is 0 Å². The summed E-state index contributed by atoms with van der Waals surface area (Å²) in [7, 11) is 0. The fourth-order valence-corrected chi connectivity index (χ4v) is 3.78. The number of ether oxygens (including phenoxy) is 1. The average Bonchev–Trinajstić information content (AvgIpc) is 3.07. The molecule has 3 aromatic carbocycles. The van der Waals surface area contributed by atoms with Gasteiger partial charge < -0.3 is 9.30 Å². The summed E-state index contributed by atoms with van der Waals surface area (Å²) in [5, 5.41) is 1.27. The molecule has 0 radical (unpaired) electrons. The predicted octanol–water partition coefficient (Wildman–Crippen LogP) is 6.92. The van der Waals surface area contributed by atoms with E-state index in [2.05, 4.69) is 17.6 Å². The zero-order valence-electron chi connectivity index (χ0n) is 15.5. The van der Waals surface area contributed by atoms with Gasteiger partial charge in [-0.2, -0.15) is 0 Å². The summed E-state index contributed by atoms with van der Waals surface area (Å²) >= 11 is 12.5. The van der Waals surface area contributed by atoms with E-state index < -0.39 is 0 Å². The quantitative estimate of drug-likeness (QED) is 0.344. The third kappa shape index (κ3) is 3.87. The van der Waals surface area contributed by atoms with Crippen molar-refractivity contribution in [2.24, 2.45) is 0 Å². The van der Waals surface area contributed by atoms with Gasteiger partial charge in [0.2, 0.25) is 0 Å². The number of fused-ring (bicyclic) bond motifs is 1. The van der Waals surface area contributed by atoms with Crippen LogP contribution in [0, 0.1) is 0 Å². The molecule has 1 heterocycles. The van der Waals surface area contributed by atoms with E-state index in [0.717, 1.165) is 34.6 Å². The Morgan fingerprint density at radius 2 is 1.71 bits per heavy atom. The predicted molar refractivity (Wildman–Crippen MR) is 115 cm³/mol. The molecule has 4 rings (SSSR count). The maximum Gasteiger partial charge on any atom is 0.156 e. The fourth-order valence-electron chi connectivity index (χ4n) is 3.31. The van der Waals surface area contributed by atoms with Gasteiger partial charge in [0.05, 0.1) is 17.6 Å². The molecule has 5 heteroatoms. The Labute approximate surface area is 174 Å². The molecule has 3 nitrogen and oxygen atoms in total. The number of benzene rings is 3. The van der Waals surface area contributed by atoms with Crippen LogP contribution in [0.25, 0.3) is 11.0 Å². The third-order valence-corrected chi connectivity index (χ3v) is 5.29. The van der Waals surface area contributed by atoms with Crippen molar-refractivity contribution in [3.63, 3.8) is 0 Å². The van der Waals surface area contributed by atoms with Gasteiger partial charge in [0, 0.05) is 10.0 Å². The highest BCUT2D eigenvalue weighted by atomic mass is 35.5. The zero-order chi connectivity index (χ0) is 19.5. The molecule has 1 atom stereocenters. The summed E-state index contributed by atoms with van der Waals surface area (Å²) in [5.41, 5.74) is 2.99. The molecule has 0 aliphatic carbocycles. The molecule has 142 valence electrons. The topological polar surface area (TPSA) is 27.1 Å². The number of rotatable bonds is 6. The first kappa shape index (κ1) is 18.9. The van der Waals surface area contributed by atoms with Gasteiger partial charge in [0.25, 0.3) is 0 Å². The molecule has 4 aromatic rings. The molecular formula is C23H20Cl2N2O. The van der Waals surface area contributed by atoms with Gasteiger partial charge in [-0.15, -0.1) is 0 Å². The highest BCUT2D eigenvalue weighted by Gasteiger charge is 2.21. The molecule has 0 aliphatic rings. The van der Waals surface area contributed by atoms with E-state index in [-0.39, 0.29) is 6.10 Å². The molecule has 28 heavy (non-hydrogen) atoms. The van der Waals surface area contributed by atoms with Crippen molar-refractivity contribution < 1.29 is 4.74 Å². The Balaban J connectivity index is 1.78. The lowest BCUT2D eigenvalue weighted by Crippen LogP contribution is -2.15. The minimum atomic E-state index is -0.166. The summed E-state index contributed by atoms with van der Waals surface area (Å²) in [6.07, 6.45) is 0.632. The van der Waals surface area contributed by atoms with E-state index in [1.807, 2.05) is 60.7 Å². The Morgan fingerprint density at radius 3 is 2.46 bits per heavy atom. The molecule has 1 aromatic heterocycles. The van der Waals surface area contributed by atoms with Crippen LogP contribution in [-0.2, 0) is 6.54 Å². The number of imidazole rings is 1. The zero-order valence-corrected chi connectivity index (χ0v) is 17.0. The highest BCUT2D eigenvalue weighted by molar-refractivity contribution is 6.35. The molecule has 0 saturated carbocycles. The molecule has 0 aliphatic heterocycles. The second-order valence-electron chi connectivity index (χ2n) is 6.61. The van der Waals surface area contributed by atoms with E-state index >= 15 is 0 Å². The largest absolute Gasteiger partial charge is 0.483 e. The molecular weight excluding hydrogens is 391 g/mol. The summed E-state index contributed by atoms with van der Waals surface area (Å²) in [5.74, 6) is 1.72. The van der Waals surface area contributed by atoms with Gasteiger partial charge in [-0.05, 0) is 48.4 Å². The minimum Gasteiger partial charge on any atom is -0.483 e. The van der Waals surface area contributed by atoms with E-state index in [0.29, 0.717) is 16.6 Å². The molecule has 0 spiro atoms. The van der Waals surface area contributed by atoms with Crippen molar-refractivity contribution >= 4 is 34.2 Å². The van der Waals surface area contributed by atoms with E-state index in [1.54, 1.807) is 6.07 Å². The van der Waals surface area contributed by atoms with Crippen LogP contribution in [0.3, 0.4) is 0 Å². The lowest BCUT2D eigenvalue weighted by molar-refractivity contribution is 0.187. The second-order valence-corrected chi connectivity index (χ2v) is 7.45. The molecule has 0 saturated heterocycles. The Bertz CT molecular complexity index is 1090. The van der Waals surface area contributed by atoms with Crippen LogP contribution >= 0.6 is 23.2 Å². The molecule has 0 N–H and O–H groups in total. The van der Waals surface area contributed by atoms with Gasteiger partial charge in [0.1, 0.15) is 5.75 Å². The first-order valence-corrected chi connectivity index (χ1v) is 10.0. The molecule has 0 bridgehead atoms. The van der Waals surface area contributed by atoms with Crippen LogP contribution in [0.1, 0.15) is 30.8 Å². The number of hydrogen-bond acceptors (Lipinski definition) is 2. The number of halogens is 2. The van der Waals surface area contributed by atoms with E-state index in [9.17, 15) is 0 Å². The monoisotopic (exact) mass is 410 g/mol. The van der Waals surface area contributed by atoms with Gasteiger partial charge in [-0.25, -0.2) is 4.98 Å². The molecule has 1 unspecified atom stereocenters. The van der Waals surface area contributed by atoms with Crippen molar-refractivity contribution in [2.75, 3.05) is 0 Å². The summed E-state index contributed by atoms with van der Waals surface area (Å²) in [4.78, 5) is 4.89. The molecule has 0 fully saturated rings. The van der Waals surface area contributed by atoms with Crippen LogP contribution in [0.2, 0.25) is 10.0 Å².